The molecule has 0 aliphatic rings. The third kappa shape index (κ3) is 4.08. The van der Waals surface area contributed by atoms with E-state index in [1.54, 1.807) is 6.33 Å². The number of imidazole rings is 1. The van der Waals surface area contributed by atoms with Crippen molar-refractivity contribution in [3.63, 3.8) is 0 Å². The summed E-state index contributed by atoms with van der Waals surface area (Å²) in [4.78, 5) is 7.09. The van der Waals surface area contributed by atoms with E-state index in [1.165, 1.54) is 6.42 Å². The van der Waals surface area contributed by atoms with Crippen molar-refractivity contribution in [1.82, 2.24) is 15.3 Å². The number of rotatable bonds is 5. The summed E-state index contributed by atoms with van der Waals surface area (Å²) in [5.74, 6) is 0.752. The van der Waals surface area contributed by atoms with Gasteiger partial charge >= 0.3 is 0 Å². The number of aromatic nitrogens is 2. The number of nitrogens with one attached hydrogen (secondary N) is 2. The van der Waals surface area contributed by atoms with Crippen LogP contribution in [0.1, 0.15) is 32.9 Å². The second-order valence-corrected chi connectivity index (χ2v) is 3.97. The van der Waals surface area contributed by atoms with E-state index in [1.807, 2.05) is 6.20 Å². The number of nitrogens with zero attached hydrogens (tertiary/aromatic N) is 1. The number of H-pyrrole nitrogens is 1. The molecule has 1 aromatic heterocycles. The maximum Gasteiger partial charge on any atom is 0.0923 e. The van der Waals surface area contributed by atoms with Crippen LogP contribution in [0, 0.1) is 5.92 Å². The number of hydrogen-bond donors (Lipinski definition) is 2. The van der Waals surface area contributed by atoms with Crippen molar-refractivity contribution in [3.05, 3.63) is 18.2 Å². The van der Waals surface area contributed by atoms with Gasteiger partial charge in [-0.2, -0.15) is 0 Å². The van der Waals surface area contributed by atoms with Crippen molar-refractivity contribution >= 4 is 0 Å². The minimum absolute atomic E-state index is 0.566. The molecular weight excluding hydrogens is 162 g/mol. The van der Waals surface area contributed by atoms with Gasteiger partial charge in [0, 0.05) is 18.8 Å². The molecule has 74 valence electrons. The molecule has 0 aliphatic carbocycles. The van der Waals surface area contributed by atoms with Crippen LogP contribution in [-0.4, -0.2) is 16.0 Å². The van der Waals surface area contributed by atoms with Crippen molar-refractivity contribution in [1.29, 1.82) is 0 Å². The van der Waals surface area contributed by atoms with Crippen LogP contribution < -0.4 is 5.32 Å². The Morgan fingerprint density at radius 1 is 1.46 bits per heavy atom. The molecule has 0 amide bonds. The van der Waals surface area contributed by atoms with E-state index in [0.29, 0.717) is 6.04 Å². The zero-order valence-electron chi connectivity index (χ0n) is 8.67. The number of aromatic amines is 1. The fraction of sp³-hybridized carbons (Fsp3) is 0.700. The van der Waals surface area contributed by atoms with Gasteiger partial charge in [0.15, 0.2) is 0 Å². The third-order valence-corrected chi connectivity index (χ3v) is 2.01. The first-order valence-electron chi connectivity index (χ1n) is 4.89. The van der Waals surface area contributed by atoms with Gasteiger partial charge in [-0.15, -0.1) is 0 Å². The summed E-state index contributed by atoms with van der Waals surface area (Å²) in [6, 6.07) is 0.566. The lowest BCUT2D eigenvalue weighted by molar-refractivity contribution is 0.439. The Morgan fingerprint density at radius 3 is 2.77 bits per heavy atom. The maximum atomic E-state index is 4.15. The normalized spacial score (nSPS) is 13.5. The molecule has 3 heteroatoms. The van der Waals surface area contributed by atoms with E-state index in [2.05, 4.69) is 36.1 Å². The van der Waals surface area contributed by atoms with E-state index in [0.717, 1.165) is 18.2 Å². The molecule has 0 aliphatic heterocycles. The van der Waals surface area contributed by atoms with Gasteiger partial charge in [0.2, 0.25) is 0 Å². The monoisotopic (exact) mass is 181 g/mol. The average Bonchev–Trinajstić information content (AvgIpc) is 2.51. The Morgan fingerprint density at radius 2 is 2.23 bits per heavy atom. The van der Waals surface area contributed by atoms with Crippen LogP contribution in [0.25, 0.3) is 0 Å². The molecule has 1 rings (SSSR count). The Kier molecular flexibility index (Phi) is 3.96. The van der Waals surface area contributed by atoms with Crippen LogP contribution in [0.3, 0.4) is 0 Å². The minimum Gasteiger partial charge on any atom is -0.351 e. The van der Waals surface area contributed by atoms with Gasteiger partial charge in [0.25, 0.3) is 0 Å². The molecule has 3 nitrogen and oxygen atoms in total. The molecule has 1 aromatic rings. The van der Waals surface area contributed by atoms with E-state index in [4.69, 9.17) is 0 Å². The zero-order chi connectivity index (χ0) is 9.68. The van der Waals surface area contributed by atoms with E-state index < -0.39 is 0 Å². The highest BCUT2D eigenvalue weighted by Gasteiger charge is 2.04. The average molecular weight is 181 g/mol. The van der Waals surface area contributed by atoms with Gasteiger partial charge < -0.3 is 10.3 Å². The smallest absolute Gasteiger partial charge is 0.0923 e. The standard InChI is InChI=1S/C10H19N3/c1-8(2)4-9(3)12-6-10-5-11-7-13-10/h5,7-9,12H,4,6H2,1-3H3,(H,11,13)/t9-/m0/s1. The van der Waals surface area contributed by atoms with Gasteiger partial charge in [-0.1, -0.05) is 13.8 Å². The van der Waals surface area contributed by atoms with Crippen LogP contribution in [0.4, 0.5) is 0 Å². The molecule has 0 saturated carbocycles. The lowest BCUT2D eigenvalue weighted by atomic mass is 10.1. The van der Waals surface area contributed by atoms with E-state index >= 15 is 0 Å². The maximum absolute atomic E-state index is 4.15. The quantitative estimate of drug-likeness (QED) is 0.728. The highest BCUT2D eigenvalue weighted by molar-refractivity contribution is 4.93. The van der Waals surface area contributed by atoms with Crippen molar-refractivity contribution in [2.24, 2.45) is 5.92 Å². The highest BCUT2D eigenvalue weighted by Crippen LogP contribution is 2.04. The molecule has 1 heterocycles. The van der Waals surface area contributed by atoms with Gasteiger partial charge in [0.05, 0.1) is 12.0 Å². The largest absolute Gasteiger partial charge is 0.351 e. The molecular formula is C10H19N3. The van der Waals surface area contributed by atoms with Gasteiger partial charge in [0.1, 0.15) is 0 Å². The molecule has 0 saturated heterocycles. The molecule has 0 unspecified atom stereocenters. The molecule has 0 bridgehead atoms. The van der Waals surface area contributed by atoms with Crippen LogP contribution in [0.15, 0.2) is 12.5 Å². The minimum atomic E-state index is 0.566. The van der Waals surface area contributed by atoms with Crippen molar-refractivity contribution < 1.29 is 0 Å². The molecule has 0 radical (unpaired) electrons. The Labute approximate surface area is 80.0 Å². The second-order valence-electron chi connectivity index (χ2n) is 3.97. The summed E-state index contributed by atoms with van der Waals surface area (Å²) < 4.78 is 0. The lowest BCUT2D eigenvalue weighted by Gasteiger charge is -2.14. The first kappa shape index (κ1) is 10.3. The molecule has 0 spiro atoms. The summed E-state index contributed by atoms with van der Waals surface area (Å²) in [5, 5.41) is 3.43. The van der Waals surface area contributed by atoms with Crippen LogP contribution in [-0.2, 0) is 6.54 Å². The predicted octanol–water partition coefficient (Wildman–Crippen LogP) is 1.93. The Hall–Kier alpha value is -0.830. The first-order chi connectivity index (χ1) is 6.18. The molecule has 0 fully saturated rings. The molecule has 1 atom stereocenters. The van der Waals surface area contributed by atoms with Crippen molar-refractivity contribution in [2.75, 3.05) is 0 Å². The van der Waals surface area contributed by atoms with Crippen LogP contribution >= 0.6 is 0 Å². The molecule has 2 N–H and O–H groups in total. The topological polar surface area (TPSA) is 40.7 Å². The van der Waals surface area contributed by atoms with E-state index in [9.17, 15) is 0 Å². The predicted molar refractivity (Wildman–Crippen MR) is 54.3 cm³/mol. The molecule has 13 heavy (non-hydrogen) atoms. The van der Waals surface area contributed by atoms with Gasteiger partial charge in [-0.05, 0) is 19.3 Å². The van der Waals surface area contributed by atoms with Gasteiger partial charge in [-0.3, -0.25) is 0 Å². The highest BCUT2D eigenvalue weighted by atomic mass is 14.9. The zero-order valence-corrected chi connectivity index (χ0v) is 8.67. The number of hydrogen-bond acceptors (Lipinski definition) is 2. The van der Waals surface area contributed by atoms with Crippen LogP contribution in [0.5, 0.6) is 0 Å². The summed E-state index contributed by atoms with van der Waals surface area (Å²) in [6.07, 6.45) is 4.85. The lowest BCUT2D eigenvalue weighted by Crippen LogP contribution is -2.26. The first-order valence-corrected chi connectivity index (χ1v) is 4.89. The SMILES string of the molecule is CC(C)C[C@H](C)NCc1c[nH]cn1. The van der Waals surface area contributed by atoms with E-state index in [-0.39, 0.29) is 0 Å². The molecule has 0 aromatic carbocycles. The fourth-order valence-corrected chi connectivity index (χ4v) is 1.46. The Balaban J connectivity index is 2.19. The van der Waals surface area contributed by atoms with Gasteiger partial charge in [-0.25, -0.2) is 4.98 Å². The third-order valence-electron chi connectivity index (χ3n) is 2.01. The fourth-order valence-electron chi connectivity index (χ4n) is 1.46. The summed E-state index contributed by atoms with van der Waals surface area (Å²) >= 11 is 0. The van der Waals surface area contributed by atoms with Crippen LogP contribution in [0.2, 0.25) is 0 Å². The Bertz CT molecular complexity index is 216. The second kappa shape index (κ2) is 5.02. The van der Waals surface area contributed by atoms with Crippen molar-refractivity contribution in [2.45, 2.75) is 39.8 Å². The van der Waals surface area contributed by atoms with Crippen molar-refractivity contribution in [3.8, 4) is 0 Å². The summed E-state index contributed by atoms with van der Waals surface area (Å²) in [5.41, 5.74) is 1.08. The summed E-state index contributed by atoms with van der Waals surface area (Å²) in [6.45, 7) is 7.56. The summed E-state index contributed by atoms with van der Waals surface area (Å²) in [7, 11) is 0.